The molecule has 1 spiro atoms. The quantitative estimate of drug-likeness (QED) is 0.853. The number of benzene rings is 2. The molecule has 4 rings (SSSR count). The fourth-order valence-corrected chi connectivity index (χ4v) is 4.68. The maximum Gasteiger partial charge on any atom is 0.246 e. The Bertz CT molecular complexity index is 845. The first kappa shape index (κ1) is 19.5. The van der Waals surface area contributed by atoms with Gasteiger partial charge >= 0.3 is 0 Å². The number of carbonyl (C=O) groups excluding carboxylic acids is 2. The molecule has 0 saturated carbocycles. The number of hydrogen-bond acceptors (Lipinski definition) is 3. The van der Waals surface area contributed by atoms with Gasteiger partial charge in [0.1, 0.15) is 11.6 Å². The van der Waals surface area contributed by atoms with E-state index in [1.165, 1.54) is 5.69 Å². The van der Waals surface area contributed by atoms with Crippen molar-refractivity contribution in [2.24, 2.45) is 0 Å². The van der Waals surface area contributed by atoms with Crippen LogP contribution in [0.4, 0.5) is 5.69 Å². The molecule has 2 aromatic carbocycles. The molecule has 0 aliphatic carbocycles. The highest BCUT2D eigenvalue weighted by molar-refractivity contribution is 6.00. The molecule has 0 aromatic heterocycles. The van der Waals surface area contributed by atoms with E-state index in [9.17, 15) is 9.59 Å². The van der Waals surface area contributed by atoms with Crippen molar-refractivity contribution in [2.45, 2.75) is 44.2 Å². The largest absolute Gasteiger partial charge is 0.371 e. The Hall–Kier alpha value is -2.82. The number of para-hydroxylation sites is 1. The highest BCUT2D eigenvalue weighted by Gasteiger charge is 2.53. The van der Waals surface area contributed by atoms with Crippen molar-refractivity contribution in [2.75, 3.05) is 24.5 Å². The standard InChI is InChI=1S/C24H29N3O2/c1-2-15-27-22(28)21(18-19-9-5-3-6-10-19)25-23(29)24(27)13-16-26(17-14-24)20-11-7-4-8-12-20/h3-12,21H,2,13-18H2,1H3,(H,25,29). The van der Waals surface area contributed by atoms with E-state index in [1.54, 1.807) is 0 Å². The zero-order valence-electron chi connectivity index (χ0n) is 17.0. The van der Waals surface area contributed by atoms with Crippen LogP contribution in [-0.2, 0) is 16.0 Å². The summed E-state index contributed by atoms with van der Waals surface area (Å²) in [5, 5.41) is 3.07. The second kappa shape index (κ2) is 8.27. The monoisotopic (exact) mass is 391 g/mol. The van der Waals surface area contributed by atoms with Gasteiger partial charge in [0.25, 0.3) is 0 Å². The lowest BCUT2D eigenvalue weighted by atomic mass is 9.81. The van der Waals surface area contributed by atoms with Gasteiger partial charge in [-0.15, -0.1) is 0 Å². The Morgan fingerprint density at radius 2 is 1.59 bits per heavy atom. The molecule has 2 aliphatic heterocycles. The molecular formula is C24H29N3O2. The van der Waals surface area contributed by atoms with E-state index in [2.05, 4.69) is 29.3 Å². The van der Waals surface area contributed by atoms with Gasteiger partial charge in [0, 0.05) is 31.7 Å². The zero-order valence-corrected chi connectivity index (χ0v) is 17.0. The molecule has 5 nitrogen and oxygen atoms in total. The first-order valence-corrected chi connectivity index (χ1v) is 10.6. The molecule has 2 heterocycles. The SMILES string of the molecule is CCCN1C(=O)C(Cc2ccccc2)NC(=O)C12CCN(c1ccccc1)CC2. The summed E-state index contributed by atoms with van der Waals surface area (Å²) >= 11 is 0. The lowest BCUT2D eigenvalue weighted by Crippen LogP contribution is -2.73. The van der Waals surface area contributed by atoms with Gasteiger partial charge in [-0.3, -0.25) is 9.59 Å². The average molecular weight is 392 g/mol. The van der Waals surface area contributed by atoms with Crippen molar-refractivity contribution >= 4 is 17.5 Å². The molecule has 2 aromatic rings. The molecular weight excluding hydrogens is 362 g/mol. The fraction of sp³-hybridized carbons (Fsp3) is 0.417. The lowest BCUT2D eigenvalue weighted by Gasteiger charge is -2.52. The fourth-order valence-electron chi connectivity index (χ4n) is 4.68. The minimum Gasteiger partial charge on any atom is -0.371 e. The summed E-state index contributed by atoms with van der Waals surface area (Å²) in [5.74, 6) is 0.0719. The van der Waals surface area contributed by atoms with Crippen LogP contribution in [0.2, 0.25) is 0 Å². The molecule has 2 fully saturated rings. The van der Waals surface area contributed by atoms with Gasteiger partial charge in [-0.1, -0.05) is 55.5 Å². The predicted octanol–water partition coefficient (Wildman–Crippen LogP) is 3.01. The van der Waals surface area contributed by atoms with Gasteiger partial charge in [-0.2, -0.15) is 0 Å². The highest BCUT2D eigenvalue weighted by atomic mass is 16.2. The van der Waals surface area contributed by atoms with E-state index < -0.39 is 11.6 Å². The van der Waals surface area contributed by atoms with E-state index in [1.807, 2.05) is 53.4 Å². The van der Waals surface area contributed by atoms with Gasteiger partial charge in [0.2, 0.25) is 11.8 Å². The molecule has 2 aliphatic rings. The first-order chi connectivity index (χ1) is 14.1. The normalized spacial score (nSPS) is 21.3. The molecule has 152 valence electrons. The summed E-state index contributed by atoms with van der Waals surface area (Å²) < 4.78 is 0. The second-order valence-corrected chi connectivity index (χ2v) is 8.06. The zero-order chi connectivity index (χ0) is 20.3. The van der Waals surface area contributed by atoms with Gasteiger partial charge < -0.3 is 15.1 Å². The molecule has 1 atom stereocenters. The van der Waals surface area contributed by atoms with Crippen LogP contribution in [0, 0.1) is 0 Å². The van der Waals surface area contributed by atoms with Crippen LogP contribution in [0.5, 0.6) is 0 Å². The summed E-state index contributed by atoms with van der Waals surface area (Å²) in [6.07, 6.45) is 2.72. The van der Waals surface area contributed by atoms with Crippen LogP contribution in [-0.4, -0.2) is 47.9 Å². The smallest absolute Gasteiger partial charge is 0.246 e. The third-order valence-corrected chi connectivity index (χ3v) is 6.25. The molecule has 2 amide bonds. The van der Waals surface area contributed by atoms with Gasteiger partial charge in [0.05, 0.1) is 0 Å². The Labute approximate surface area is 172 Å². The van der Waals surface area contributed by atoms with Crippen LogP contribution in [0.25, 0.3) is 0 Å². The second-order valence-electron chi connectivity index (χ2n) is 8.06. The van der Waals surface area contributed by atoms with Crippen LogP contribution < -0.4 is 10.2 Å². The third kappa shape index (κ3) is 3.74. The Morgan fingerprint density at radius 1 is 0.966 bits per heavy atom. The van der Waals surface area contributed by atoms with Crippen molar-refractivity contribution in [3.05, 3.63) is 66.2 Å². The number of carbonyl (C=O) groups is 2. The Balaban J connectivity index is 1.53. The summed E-state index contributed by atoms with van der Waals surface area (Å²) in [6, 6.07) is 19.7. The average Bonchev–Trinajstić information content (AvgIpc) is 2.77. The number of rotatable bonds is 5. The van der Waals surface area contributed by atoms with Crippen molar-refractivity contribution in [1.29, 1.82) is 0 Å². The number of amides is 2. The van der Waals surface area contributed by atoms with Crippen LogP contribution in [0.3, 0.4) is 0 Å². The highest BCUT2D eigenvalue weighted by Crippen LogP contribution is 2.35. The first-order valence-electron chi connectivity index (χ1n) is 10.6. The number of hydrogen-bond donors (Lipinski definition) is 1. The molecule has 29 heavy (non-hydrogen) atoms. The molecule has 2 saturated heterocycles. The summed E-state index contributed by atoms with van der Waals surface area (Å²) in [4.78, 5) is 30.9. The molecule has 0 bridgehead atoms. The number of nitrogens with zero attached hydrogens (tertiary/aromatic N) is 2. The number of nitrogens with one attached hydrogen (secondary N) is 1. The van der Waals surface area contributed by atoms with Gasteiger partial charge in [-0.25, -0.2) is 0 Å². The van der Waals surface area contributed by atoms with Gasteiger partial charge in [0.15, 0.2) is 0 Å². The van der Waals surface area contributed by atoms with Crippen molar-refractivity contribution in [3.63, 3.8) is 0 Å². The lowest BCUT2D eigenvalue weighted by molar-refractivity contribution is -0.159. The molecule has 1 unspecified atom stereocenters. The number of anilines is 1. The minimum absolute atomic E-state index is 0.0131. The molecule has 0 radical (unpaired) electrons. The van der Waals surface area contributed by atoms with E-state index in [4.69, 9.17) is 0 Å². The van der Waals surface area contributed by atoms with E-state index in [-0.39, 0.29) is 11.8 Å². The van der Waals surface area contributed by atoms with E-state index in [0.29, 0.717) is 25.8 Å². The van der Waals surface area contributed by atoms with Crippen molar-refractivity contribution in [1.82, 2.24) is 10.2 Å². The topological polar surface area (TPSA) is 52.7 Å². The van der Waals surface area contributed by atoms with Crippen molar-refractivity contribution < 1.29 is 9.59 Å². The van der Waals surface area contributed by atoms with Gasteiger partial charge in [-0.05, 0) is 37.0 Å². The minimum atomic E-state index is -0.717. The van der Waals surface area contributed by atoms with Crippen molar-refractivity contribution in [3.8, 4) is 0 Å². The van der Waals surface area contributed by atoms with Crippen LogP contribution in [0.1, 0.15) is 31.7 Å². The summed E-state index contributed by atoms with van der Waals surface area (Å²) in [6.45, 7) is 4.24. The van der Waals surface area contributed by atoms with E-state index in [0.717, 1.165) is 25.1 Å². The number of piperidine rings is 1. The van der Waals surface area contributed by atoms with Crippen LogP contribution >= 0.6 is 0 Å². The Morgan fingerprint density at radius 3 is 2.21 bits per heavy atom. The van der Waals surface area contributed by atoms with Crippen LogP contribution in [0.15, 0.2) is 60.7 Å². The number of piperazine rings is 1. The molecule has 1 N–H and O–H groups in total. The maximum atomic E-state index is 13.4. The predicted molar refractivity (Wildman–Crippen MR) is 115 cm³/mol. The molecule has 5 heteroatoms. The third-order valence-electron chi connectivity index (χ3n) is 6.25. The summed E-state index contributed by atoms with van der Waals surface area (Å²) in [7, 11) is 0. The maximum absolute atomic E-state index is 13.4. The Kier molecular flexibility index (Phi) is 5.56. The van der Waals surface area contributed by atoms with E-state index >= 15 is 0 Å². The summed E-state index contributed by atoms with van der Waals surface area (Å²) in [5.41, 5.74) is 1.53.